The average molecular weight is 443 g/mol. The Bertz CT molecular complexity index is 963. The first-order chi connectivity index (χ1) is 15.0. The number of nitrogens with two attached hydrogens (primary N) is 1. The van der Waals surface area contributed by atoms with Gasteiger partial charge < -0.3 is 10.5 Å². The Labute approximate surface area is 187 Å². The Hall–Kier alpha value is -3.23. The number of ether oxygens (including phenoxy) is 1. The Kier molecular flexibility index (Phi) is 6.66. The maximum Gasteiger partial charge on any atom is 0.262 e. The van der Waals surface area contributed by atoms with Crippen LogP contribution in [0.25, 0.3) is 0 Å². The molecule has 1 saturated heterocycles. The van der Waals surface area contributed by atoms with E-state index in [0.29, 0.717) is 5.69 Å². The third kappa shape index (κ3) is 4.24. The monoisotopic (exact) mass is 442 g/mol. The van der Waals surface area contributed by atoms with Crippen LogP contribution in [0.2, 0.25) is 0 Å². The number of fused-ring (bicyclic) bond motifs is 1. The van der Waals surface area contributed by atoms with Crippen molar-refractivity contribution < 1.29 is 23.9 Å². The summed E-state index contributed by atoms with van der Waals surface area (Å²) < 4.78 is 5.57. The second-order valence-electron chi connectivity index (χ2n) is 8.95. The zero-order chi connectivity index (χ0) is 23.7. The first-order valence-corrected chi connectivity index (χ1v) is 10.9. The number of carbonyl (C=O) groups is 4. The molecule has 3 N–H and O–H groups in total. The number of likely N-dealkylation sites (tertiary alicyclic amines) is 1. The van der Waals surface area contributed by atoms with Crippen molar-refractivity contribution in [2.24, 2.45) is 17.8 Å². The van der Waals surface area contributed by atoms with Gasteiger partial charge in [-0.1, -0.05) is 27.7 Å². The molecule has 172 valence electrons. The van der Waals surface area contributed by atoms with E-state index in [9.17, 15) is 19.2 Å². The van der Waals surface area contributed by atoms with E-state index in [0.717, 1.165) is 9.80 Å². The van der Waals surface area contributed by atoms with Gasteiger partial charge in [-0.2, -0.15) is 0 Å². The van der Waals surface area contributed by atoms with Gasteiger partial charge in [0.2, 0.25) is 5.91 Å². The number of rotatable bonds is 7. The maximum absolute atomic E-state index is 13.1. The lowest BCUT2D eigenvalue weighted by atomic mass is 9.85. The molecule has 1 atom stereocenters. The first-order valence-electron chi connectivity index (χ1n) is 10.9. The second-order valence-corrected chi connectivity index (χ2v) is 8.95. The number of benzene rings is 1. The third-order valence-corrected chi connectivity index (χ3v) is 6.05. The number of hydrogen-bond donors (Lipinski definition) is 2. The van der Waals surface area contributed by atoms with E-state index in [4.69, 9.17) is 15.9 Å². The van der Waals surface area contributed by atoms with E-state index in [1.807, 2.05) is 27.7 Å². The summed E-state index contributed by atoms with van der Waals surface area (Å²) >= 11 is 0. The zero-order valence-electron chi connectivity index (χ0n) is 18.9. The zero-order valence-corrected chi connectivity index (χ0v) is 18.9. The highest BCUT2D eigenvalue weighted by molar-refractivity contribution is 6.23. The van der Waals surface area contributed by atoms with Crippen molar-refractivity contribution in [1.29, 1.82) is 5.41 Å². The standard InChI is InChI=1S/C23H30N4O5/c1-12(2)19(13(3)4)20(25)32-10-9-26-18(28)8-7-17(23(26)31)27-21(29)15-6-5-14(24)11-16(15)22(27)30/h5-6,11-13,17,19,25H,7-10,24H2,1-4H3. The van der Waals surface area contributed by atoms with Gasteiger partial charge in [-0.3, -0.25) is 34.4 Å². The quantitative estimate of drug-likeness (QED) is 0.288. The number of nitrogens with zero attached hydrogens (tertiary/aromatic N) is 2. The number of amides is 4. The smallest absolute Gasteiger partial charge is 0.262 e. The molecule has 4 amide bonds. The molecule has 2 aliphatic rings. The Morgan fingerprint density at radius 1 is 1.09 bits per heavy atom. The summed E-state index contributed by atoms with van der Waals surface area (Å²) in [5.41, 5.74) is 6.44. The van der Waals surface area contributed by atoms with Crippen molar-refractivity contribution in [3.8, 4) is 0 Å². The van der Waals surface area contributed by atoms with E-state index in [-0.39, 0.29) is 66.7 Å². The molecule has 0 aliphatic carbocycles. The van der Waals surface area contributed by atoms with Crippen LogP contribution in [0.1, 0.15) is 61.3 Å². The predicted octanol–water partition coefficient (Wildman–Crippen LogP) is 2.30. The van der Waals surface area contributed by atoms with Crippen LogP contribution >= 0.6 is 0 Å². The molecule has 1 aromatic carbocycles. The summed E-state index contributed by atoms with van der Waals surface area (Å²) in [6, 6.07) is 3.37. The van der Waals surface area contributed by atoms with Gasteiger partial charge in [0.1, 0.15) is 12.6 Å². The molecule has 2 heterocycles. The molecule has 1 fully saturated rings. The van der Waals surface area contributed by atoms with E-state index in [1.165, 1.54) is 18.2 Å². The van der Waals surface area contributed by atoms with E-state index >= 15 is 0 Å². The maximum atomic E-state index is 13.1. The number of hydrogen-bond acceptors (Lipinski definition) is 7. The van der Waals surface area contributed by atoms with Crippen LogP contribution in [0.15, 0.2) is 18.2 Å². The summed E-state index contributed by atoms with van der Waals surface area (Å²) in [6.45, 7) is 8.00. The number of anilines is 1. The minimum Gasteiger partial charge on any atom is -0.479 e. The fraction of sp³-hybridized carbons (Fsp3) is 0.522. The van der Waals surface area contributed by atoms with Gasteiger partial charge in [-0.15, -0.1) is 0 Å². The van der Waals surface area contributed by atoms with Gasteiger partial charge in [-0.05, 0) is 36.5 Å². The molecule has 1 unspecified atom stereocenters. The fourth-order valence-corrected chi connectivity index (χ4v) is 4.57. The van der Waals surface area contributed by atoms with Crippen molar-refractivity contribution in [2.75, 3.05) is 18.9 Å². The van der Waals surface area contributed by atoms with Gasteiger partial charge >= 0.3 is 0 Å². The molecule has 0 spiro atoms. The fourth-order valence-electron chi connectivity index (χ4n) is 4.57. The molecule has 0 radical (unpaired) electrons. The van der Waals surface area contributed by atoms with E-state index < -0.39 is 23.8 Å². The van der Waals surface area contributed by atoms with Gasteiger partial charge in [0.05, 0.1) is 17.7 Å². The number of imide groups is 2. The Morgan fingerprint density at radius 3 is 2.34 bits per heavy atom. The van der Waals surface area contributed by atoms with Crippen LogP contribution < -0.4 is 5.73 Å². The van der Waals surface area contributed by atoms with Crippen molar-refractivity contribution in [2.45, 2.75) is 46.6 Å². The normalized spacial score (nSPS) is 18.9. The van der Waals surface area contributed by atoms with Gasteiger partial charge in [0.25, 0.3) is 17.7 Å². The van der Waals surface area contributed by atoms with Crippen molar-refractivity contribution >= 4 is 35.2 Å². The molecular weight excluding hydrogens is 412 g/mol. The van der Waals surface area contributed by atoms with Crippen LogP contribution in [-0.4, -0.2) is 58.5 Å². The molecule has 9 nitrogen and oxygen atoms in total. The molecule has 2 aliphatic heterocycles. The predicted molar refractivity (Wildman–Crippen MR) is 118 cm³/mol. The summed E-state index contributed by atoms with van der Waals surface area (Å²) in [7, 11) is 0. The van der Waals surface area contributed by atoms with Gasteiger partial charge in [0, 0.05) is 18.0 Å². The summed E-state index contributed by atoms with van der Waals surface area (Å²) in [4.78, 5) is 53.1. The highest BCUT2D eigenvalue weighted by atomic mass is 16.5. The molecule has 9 heteroatoms. The van der Waals surface area contributed by atoms with Crippen LogP contribution in [0.4, 0.5) is 5.69 Å². The van der Waals surface area contributed by atoms with Crippen LogP contribution in [-0.2, 0) is 14.3 Å². The molecule has 3 rings (SSSR count). The lowest BCUT2D eigenvalue weighted by molar-refractivity contribution is -0.152. The number of nitrogen functional groups attached to an aromatic ring is 1. The minimum atomic E-state index is -1.06. The third-order valence-electron chi connectivity index (χ3n) is 6.05. The summed E-state index contributed by atoms with van der Waals surface area (Å²) in [6.07, 6.45) is 0.110. The van der Waals surface area contributed by atoms with Gasteiger partial charge in [0.15, 0.2) is 5.90 Å². The van der Waals surface area contributed by atoms with Crippen LogP contribution in [0, 0.1) is 23.2 Å². The number of piperidine rings is 1. The van der Waals surface area contributed by atoms with E-state index in [2.05, 4.69) is 0 Å². The molecule has 0 bridgehead atoms. The first kappa shape index (κ1) is 23.4. The van der Waals surface area contributed by atoms with Crippen LogP contribution in [0.5, 0.6) is 0 Å². The molecule has 0 aromatic heterocycles. The average Bonchev–Trinajstić information content (AvgIpc) is 2.94. The Balaban J connectivity index is 1.69. The molecule has 1 aromatic rings. The second kappa shape index (κ2) is 9.10. The number of nitrogens with one attached hydrogen (secondary N) is 1. The lowest BCUT2D eigenvalue weighted by Crippen LogP contribution is -2.56. The Morgan fingerprint density at radius 2 is 1.72 bits per heavy atom. The lowest BCUT2D eigenvalue weighted by Gasteiger charge is -2.34. The van der Waals surface area contributed by atoms with Crippen molar-refractivity contribution in [3.63, 3.8) is 0 Å². The molecular formula is C23H30N4O5. The largest absolute Gasteiger partial charge is 0.479 e. The van der Waals surface area contributed by atoms with Gasteiger partial charge in [-0.25, -0.2) is 0 Å². The molecule has 32 heavy (non-hydrogen) atoms. The highest BCUT2D eigenvalue weighted by Crippen LogP contribution is 2.30. The van der Waals surface area contributed by atoms with E-state index in [1.54, 1.807) is 0 Å². The highest BCUT2D eigenvalue weighted by Gasteiger charge is 2.47. The SMILES string of the molecule is CC(C)C(C(=N)OCCN1C(=O)CCC(N2C(=O)c3ccc(N)cc3C2=O)C1=O)C(C)C. The minimum absolute atomic E-state index is 0.0162. The van der Waals surface area contributed by atoms with Crippen molar-refractivity contribution in [1.82, 2.24) is 9.80 Å². The topological polar surface area (TPSA) is 134 Å². The van der Waals surface area contributed by atoms with Crippen LogP contribution in [0.3, 0.4) is 0 Å². The summed E-state index contributed by atoms with van der Waals surface area (Å²) in [5.74, 6) is -1.65. The molecule has 0 saturated carbocycles. The number of carbonyl (C=O) groups excluding carboxylic acids is 4. The summed E-state index contributed by atoms with van der Waals surface area (Å²) in [5, 5.41) is 8.23. The van der Waals surface area contributed by atoms with Crippen molar-refractivity contribution in [3.05, 3.63) is 29.3 Å².